The average Bonchev–Trinajstić information content (AvgIpc) is 3.31. The number of piperidine rings is 1. The van der Waals surface area contributed by atoms with Gasteiger partial charge < -0.3 is 9.88 Å². The number of imidazole rings is 1. The third kappa shape index (κ3) is 3.14. The van der Waals surface area contributed by atoms with Crippen molar-refractivity contribution in [3.63, 3.8) is 0 Å². The number of hydrogen-bond acceptors (Lipinski definition) is 3. The van der Waals surface area contributed by atoms with E-state index in [1.165, 1.54) is 5.56 Å². The molecule has 3 aromatic rings. The van der Waals surface area contributed by atoms with Crippen molar-refractivity contribution in [2.45, 2.75) is 32.6 Å². The Morgan fingerprint density at radius 1 is 1.19 bits per heavy atom. The van der Waals surface area contributed by atoms with E-state index >= 15 is 0 Å². The first-order chi connectivity index (χ1) is 12.6. The van der Waals surface area contributed by atoms with Crippen LogP contribution >= 0.6 is 0 Å². The van der Waals surface area contributed by atoms with E-state index in [-0.39, 0.29) is 11.8 Å². The number of likely N-dealkylation sites (tertiary alicyclic amines) is 1. The van der Waals surface area contributed by atoms with Gasteiger partial charge in [-0.25, -0.2) is 4.98 Å². The molecule has 0 radical (unpaired) electrons. The van der Waals surface area contributed by atoms with E-state index in [4.69, 9.17) is 0 Å². The third-order valence-electron chi connectivity index (χ3n) is 5.05. The van der Waals surface area contributed by atoms with E-state index in [0.29, 0.717) is 12.4 Å². The zero-order valence-electron chi connectivity index (χ0n) is 15.1. The van der Waals surface area contributed by atoms with Crippen LogP contribution in [0.25, 0.3) is 11.1 Å². The number of aromatic amines is 2. The van der Waals surface area contributed by atoms with Crippen LogP contribution in [0.5, 0.6) is 0 Å². The molecule has 3 heterocycles. The van der Waals surface area contributed by atoms with Crippen LogP contribution in [0.3, 0.4) is 0 Å². The molecule has 0 spiro atoms. The molecule has 2 N–H and O–H groups in total. The second kappa shape index (κ2) is 6.78. The number of carbonyl (C=O) groups is 1. The number of nitrogens with one attached hydrogen (secondary N) is 2. The van der Waals surface area contributed by atoms with Gasteiger partial charge in [-0.1, -0.05) is 29.8 Å². The van der Waals surface area contributed by atoms with Gasteiger partial charge in [0.05, 0.1) is 6.20 Å². The van der Waals surface area contributed by atoms with Gasteiger partial charge in [-0.2, -0.15) is 5.10 Å². The van der Waals surface area contributed by atoms with Crippen molar-refractivity contribution in [1.29, 1.82) is 0 Å². The van der Waals surface area contributed by atoms with Crippen molar-refractivity contribution in [3.8, 4) is 11.1 Å². The number of hydrogen-bond donors (Lipinski definition) is 2. The lowest BCUT2D eigenvalue weighted by atomic mass is 9.90. The molecule has 0 saturated carbocycles. The molecule has 1 fully saturated rings. The summed E-state index contributed by atoms with van der Waals surface area (Å²) in [6.45, 7) is 5.44. The number of amides is 1. The summed E-state index contributed by atoms with van der Waals surface area (Å²) >= 11 is 0. The maximum Gasteiger partial charge on any atom is 0.289 e. The van der Waals surface area contributed by atoms with Gasteiger partial charge in [-0.05, 0) is 32.3 Å². The molecule has 26 heavy (non-hydrogen) atoms. The summed E-state index contributed by atoms with van der Waals surface area (Å²) in [7, 11) is 0. The van der Waals surface area contributed by atoms with Crippen LogP contribution in [0, 0.1) is 13.8 Å². The van der Waals surface area contributed by atoms with Gasteiger partial charge in [0.1, 0.15) is 0 Å². The minimum atomic E-state index is -0.0285. The highest BCUT2D eigenvalue weighted by atomic mass is 16.2. The molecule has 0 aliphatic carbocycles. The molecule has 1 amide bonds. The molecule has 0 bridgehead atoms. The highest BCUT2D eigenvalue weighted by Crippen LogP contribution is 2.33. The van der Waals surface area contributed by atoms with Crippen molar-refractivity contribution >= 4 is 5.91 Å². The number of aromatic nitrogens is 4. The lowest BCUT2D eigenvalue weighted by molar-refractivity contribution is 0.0694. The molecule has 6 heteroatoms. The van der Waals surface area contributed by atoms with Crippen molar-refractivity contribution in [2.24, 2.45) is 0 Å². The van der Waals surface area contributed by atoms with E-state index in [0.717, 1.165) is 41.9 Å². The highest BCUT2D eigenvalue weighted by molar-refractivity contribution is 5.90. The number of aryl methyl sites for hydroxylation is 2. The Morgan fingerprint density at radius 3 is 2.73 bits per heavy atom. The maximum atomic E-state index is 12.7. The lowest BCUT2D eigenvalue weighted by Gasteiger charge is -2.32. The molecular formula is C20H23N5O. The van der Waals surface area contributed by atoms with Gasteiger partial charge in [0, 0.05) is 42.2 Å². The van der Waals surface area contributed by atoms with Gasteiger partial charge in [0.25, 0.3) is 5.91 Å². The van der Waals surface area contributed by atoms with Crippen molar-refractivity contribution in [3.05, 3.63) is 59.4 Å². The Hall–Kier alpha value is -2.89. The Balaban J connectivity index is 1.56. The average molecular weight is 349 g/mol. The topological polar surface area (TPSA) is 77.7 Å². The van der Waals surface area contributed by atoms with Crippen LogP contribution in [-0.2, 0) is 0 Å². The van der Waals surface area contributed by atoms with Crippen LogP contribution in [0.15, 0.2) is 36.7 Å². The Kier molecular flexibility index (Phi) is 4.32. The number of rotatable bonds is 3. The van der Waals surface area contributed by atoms with Crippen LogP contribution < -0.4 is 0 Å². The smallest absolute Gasteiger partial charge is 0.289 e. The lowest BCUT2D eigenvalue weighted by Crippen LogP contribution is -2.39. The van der Waals surface area contributed by atoms with Gasteiger partial charge in [-0.15, -0.1) is 0 Å². The van der Waals surface area contributed by atoms with Crippen LogP contribution in [0.1, 0.15) is 46.3 Å². The molecule has 1 atom stereocenters. The fraction of sp³-hybridized carbons (Fsp3) is 0.350. The Morgan fingerprint density at radius 2 is 2.00 bits per heavy atom. The summed E-state index contributed by atoms with van der Waals surface area (Å²) in [4.78, 5) is 21.8. The summed E-state index contributed by atoms with van der Waals surface area (Å²) in [5.74, 6) is 0.647. The zero-order chi connectivity index (χ0) is 18.1. The summed E-state index contributed by atoms with van der Waals surface area (Å²) in [6, 6.07) is 8.48. The summed E-state index contributed by atoms with van der Waals surface area (Å²) in [5.41, 5.74) is 5.53. The second-order valence-corrected chi connectivity index (χ2v) is 7.07. The molecule has 134 valence electrons. The Labute approximate surface area is 152 Å². The quantitative estimate of drug-likeness (QED) is 0.760. The normalized spacial score (nSPS) is 17.5. The van der Waals surface area contributed by atoms with Gasteiger partial charge in [-0.3, -0.25) is 9.89 Å². The van der Waals surface area contributed by atoms with Crippen LogP contribution in [-0.4, -0.2) is 44.1 Å². The van der Waals surface area contributed by atoms with E-state index in [2.05, 4.69) is 51.4 Å². The highest BCUT2D eigenvalue weighted by Gasteiger charge is 2.29. The first-order valence-corrected chi connectivity index (χ1v) is 9.03. The van der Waals surface area contributed by atoms with E-state index < -0.39 is 0 Å². The van der Waals surface area contributed by atoms with Gasteiger partial charge in [0.2, 0.25) is 0 Å². The van der Waals surface area contributed by atoms with E-state index in [1.807, 2.05) is 18.0 Å². The summed E-state index contributed by atoms with van der Waals surface area (Å²) < 4.78 is 0. The summed E-state index contributed by atoms with van der Waals surface area (Å²) in [6.07, 6.45) is 5.60. The molecule has 2 aromatic heterocycles. The predicted octanol–water partition coefficient (Wildman–Crippen LogP) is 3.44. The number of H-pyrrole nitrogens is 2. The zero-order valence-corrected chi connectivity index (χ0v) is 15.1. The van der Waals surface area contributed by atoms with E-state index in [9.17, 15) is 4.79 Å². The minimum Gasteiger partial charge on any atom is -0.338 e. The molecule has 1 unspecified atom stereocenters. The molecule has 6 nitrogen and oxygen atoms in total. The van der Waals surface area contributed by atoms with Gasteiger partial charge >= 0.3 is 0 Å². The number of benzene rings is 1. The first-order valence-electron chi connectivity index (χ1n) is 9.03. The third-order valence-corrected chi connectivity index (χ3v) is 5.05. The maximum absolute atomic E-state index is 12.7. The van der Waals surface area contributed by atoms with Crippen LogP contribution in [0.2, 0.25) is 0 Å². The molecule has 1 saturated heterocycles. The SMILES string of the molecule is Cc1ccc(-c2cn[nH]c2C2CCCN(C(=O)c3ncc(C)[nH]3)C2)cc1. The summed E-state index contributed by atoms with van der Waals surface area (Å²) in [5, 5.41) is 7.46. The van der Waals surface area contributed by atoms with E-state index in [1.54, 1.807) is 6.20 Å². The van der Waals surface area contributed by atoms with Crippen molar-refractivity contribution in [2.75, 3.05) is 13.1 Å². The fourth-order valence-corrected chi connectivity index (χ4v) is 3.64. The number of nitrogens with zero attached hydrogens (tertiary/aromatic N) is 3. The molecule has 1 aliphatic heterocycles. The molecule has 1 aliphatic rings. The van der Waals surface area contributed by atoms with Crippen molar-refractivity contribution < 1.29 is 4.79 Å². The number of carbonyl (C=O) groups excluding carboxylic acids is 1. The minimum absolute atomic E-state index is 0.0285. The van der Waals surface area contributed by atoms with Crippen LogP contribution in [0.4, 0.5) is 0 Å². The first kappa shape index (κ1) is 16.6. The monoisotopic (exact) mass is 349 g/mol. The van der Waals surface area contributed by atoms with Gasteiger partial charge in [0.15, 0.2) is 5.82 Å². The molecule has 4 rings (SSSR count). The fourth-order valence-electron chi connectivity index (χ4n) is 3.64. The molecule has 1 aromatic carbocycles. The van der Waals surface area contributed by atoms with Crippen molar-refractivity contribution in [1.82, 2.24) is 25.1 Å². The largest absolute Gasteiger partial charge is 0.338 e. The second-order valence-electron chi connectivity index (χ2n) is 7.07. The Bertz CT molecular complexity index is 908. The predicted molar refractivity (Wildman–Crippen MR) is 100.0 cm³/mol. The standard InChI is InChI=1S/C20H23N5O/c1-13-5-7-15(8-6-13)17-11-22-24-18(17)16-4-3-9-25(12-16)20(26)19-21-10-14(2)23-19/h5-8,10-11,16H,3-4,9,12H2,1-2H3,(H,21,23)(H,22,24). The molecular weight excluding hydrogens is 326 g/mol.